The second kappa shape index (κ2) is 8.17. The number of carbonyl (C=O) groups excluding carboxylic acids is 3. The number of esters is 1. The maximum atomic E-state index is 13.6. The Kier molecular flexibility index (Phi) is 5.41. The highest BCUT2D eigenvalue weighted by Gasteiger charge is 2.48. The average molecular weight is 424 g/mol. The highest BCUT2D eigenvalue weighted by molar-refractivity contribution is 6.12. The van der Waals surface area contributed by atoms with Crippen LogP contribution in [0.2, 0.25) is 0 Å². The summed E-state index contributed by atoms with van der Waals surface area (Å²) in [5, 5.41) is 14.0. The molecule has 0 unspecified atom stereocenters. The summed E-state index contributed by atoms with van der Waals surface area (Å²) < 4.78 is 10.6. The number of benzene rings is 1. The Morgan fingerprint density at radius 1 is 1.26 bits per heavy atom. The van der Waals surface area contributed by atoms with Crippen LogP contribution in [0.4, 0.5) is 5.69 Å². The summed E-state index contributed by atoms with van der Waals surface area (Å²) in [5.41, 5.74) is 1.05. The maximum absolute atomic E-state index is 13.6. The minimum atomic E-state index is -1.12. The van der Waals surface area contributed by atoms with Crippen molar-refractivity contribution >= 4 is 23.3 Å². The lowest BCUT2D eigenvalue weighted by Crippen LogP contribution is -2.44. The van der Waals surface area contributed by atoms with Crippen molar-refractivity contribution in [2.75, 3.05) is 6.61 Å². The van der Waals surface area contributed by atoms with Crippen LogP contribution in [0.3, 0.4) is 0 Å². The first-order valence-corrected chi connectivity index (χ1v) is 9.92. The van der Waals surface area contributed by atoms with E-state index >= 15 is 0 Å². The van der Waals surface area contributed by atoms with Crippen molar-refractivity contribution in [1.82, 2.24) is 5.32 Å². The first-order valence-electron chi connectivity index (χ1n) is 9.92. The van der Waals surface area contributed by atoms with Crippen LogP contribution in [-0.2, 0) is 19.1 Å². The van der Waals surface area contributed by atoms with Gasteiger partial charge in [-0.25, -0.2) is 0 Å². The Balaban J connectivity index is 1.82. The SMILES string of the molecule is CCOC(=O)[C@@H]1C(=O)C2=C(C[C@@H]1c1ccco1)NC(=O)C[C@@H]2c1cccc([N+](=O)[O-])c1. The van der Waals surface area contributed by atoms with Crippen molar-refractivity contribution in [3.05, 3.63) is 75.4 Å². The van der Waals surface area contributed by atoms with Crippen molar-refractivity contribution in [3.63, 3.8) is 0 Å². The van der Waals surface area contributed by atoms with Crippen molar-refractivity contribution in [2.24, 2.45) is 5.92 Å². The molecule has 160 valence electrons. The zero-order valence-electron chi connectivity index (χ0n) is 16.7. The number of nitro groups is 1. The molecule has 0 fully saturated rings. The van der Waals surface area contributed by atoms with Gasteiger partial charge in [-0.1, -0.05) is 12.1 Å². The Morgan fingerprint density at radius 2 is 2.06 bits per heavy atom. The van der Waals surface area contributed by atoms with E-state index in [4.69, 9.17) is 9.15 Å². The number of ether oxygens (including phenoxy) is 1. The topological polar surface area (TPSA) is 129 Å². The van der Waals surface area contributed by atoms with E-state index in [1.54, 1.807) is 25.1 Å². The molecule has 0 saturated heterocycles. The number of hydrogen-bond acceptors (Lipinski definition) is 7. The van der Waals surface area contributed by atoms with Crippen molar-refractivity contribution < 1.29 is 28.5 Å². The fourth-order valence-electron chi connectivity index (χ4n) is 4.36. The summed E-state index contributed by atoms with van der Waals surface area (Å²) in [6.45, 7) is 1.77. The molecule has 1 aromatic carbocycles. The van der Waals surface area contributed by atoms with Gasteiger partial charge in [0.25, 0.3) is 5.69 Å². The fourth-order valence-corrected chi connectivity index (χ4v) is 4.36. The van der Waals surface area contributed by atoms with Crippen LogP contribution in [0, 0.1) is 16.0 Å². The van der Waals surface area contributed by atoms with E-state index in [2.05, 4.69) is 5.32 Å². The van der Waals surface area contributed by atoms with Crippen molar-refractivity contribution in [2.45, 2.75) is 31.6 Å². The second-order valence-corrected chi connectivity index (χ2v) is 7.47. The van der Waals surface area contributed by atoms with Crippen molar-refractivity contribution in [3.8, 4) is 0 Å². The lowest BCUT2D eigenvalue weighted by atomic mass is 9.69. The number of ketones is 1. The predicted octanol–water partition coefficient (Wildman–Crippen LogP) is 2.98. The van der Waals surface area contributed by atoms with E-state index in [0.717, 1.165) is 0 Å². The number of rotatable bonds is 5. The van der Waals surface area contributed by atoms with Crippen LogP contribution >= 0.6 is 0 Å². The number of nitro benzene ring substituents is 1. The Labute approximate surface area is 177 Å². The summed E-state index contributed by atoms with van der Waals surface area (Å²) in [4.78, 5) is 49.5. The summed E-state index contributed by atoms with van der Waals surface area (Å²) in [6, 6.07) is 9.21. The van der Waals surface area contributed by atoms with Gasteiger partial charge in [0.15, 0.2) is 5.78 Å². The van der Waals surface area contributed by atoms with E-state index in [0.29, 0.717) is 22.6 Å². The number of allylic oxidation sites excluding steroid dienone is 2. The molecule has 1 N–H and O–H groups in total. The summed E-state index contributed by atoms with van der Waals surface area (Å²) in [5.74, 6) is -3.40. The van der Waals surface area contributed by atoms with Gasteiger partial charge >= 0.3 is 5.97 Å². The molecule has 0 bridgehead atoms. The molecule has 0 saturated carbocycles. The Hall–Kier alpha value is -3.75. The molecule has 4 rings (SSSR count). The number of Topliss-reactive ketones (excluding diaryl/α,β-unsaturated/α-hetero) is 1. The van der Waals surface area contributed by atoms with E-state index in [-0.39, 0.29) is 31.0 Å². The number of non-ortho nitro benzene ring substituents is 1. The monoisotopic (exact) mass is 424 g/mol. The molecule has 1 aliphatic carbocycles. The Morgan fingerprint density at radius 3 is 2.74 bits per heavy atom. The molecule has 0 spiro atoms. The van der Waals surface area contributed by atoms with Crippen molar-refractivity contribution in [1.29, 1.82) is 0 Å². The number of amides is 1. The molecule has 0 radical (unpaired) electrons. The molecule has 1 amide bonds. The van der Waals surface area contributed by atoms with Gasteiger partial charge in [-0.05, 0) is 31.0 Å². The van der Waals surface area contributed by atoms with Gasteiger partial charge in [-0.2, -0.15) is 0 Å². The van der Waals surface area contributed by atoms with E-state index < -0.39 is 34.4 Å². The minimum Gasteiger partial charge on any atom is -0.469 e. The van der Waals surface area contributed by atoms with E-state index in [1.165, 1.54) is 24.5 Å². The second-order valence-electron chi connectivity index (χ2n) is 7.47. The number of nitrogens with zero attached hydrogens (tertiary/aromatic N) is 1. The average Bonchev–Trinajstić information content (AvgIpc) is 3.27. The zero-order valence-corrected chi connectivity index (χ0v) is 16.7. The molecule has 9 nitrogen and oxygen atoms in total. The zero-order chi connectivity index (χ0) is 22.1. The van der Waals surface area contributed by atoms with E-state index in [1.807, 2.05) is 0 Å². The van der Waals surface area contributed by atoms with Gasteiger partial charge in [0.2, 0.25) is 5.91 Å². The Bertz CT molecular complexity index is 1090. The van der Waals surface area contributed by atoms with Crippen LogP contribution in [0.25, 0.3) is 0 Å². The number of furan rings is 1. The quantitative estimate of drug-likeness (QED) is 0.338. The highest BCUT2D eigenvalue weighted by Crippen LogP contribution is 2.46. The molecule has 2 aliphatic rings. The first-order chi connectivity index (χ1) is 14.9. The summed E-state index contributed by atoms with van der Waals surface area (Å²) in [7, 11) is 0. The smallest absolute Gasteiger partial charge is 0.317 e. The van der Waals surface area contributed by atoms with Gasteiger partial charge in [0, 0.05) is 41.7 Å². The van der Waals surface area contributed by atoms with Gasteiger partial charge in [-0.3, -0.25) is 24.5 Å². The summed E-state index contributed by atoms with van der Waals surface area (Å²) >= 11 is 0. The number of hydrogen-bond donors (Lipinski definition) is 1. The van der Waals surface area contributed by atoms with Crippen LogP contribution in [-0.4, -0.2) is 29.2 Å². The first kappa shape index (κ1) is 20.5. The normalized spacial score (nSPS) is 23.2. The predicted molar refractivity (Wildman–Crippen MR) is 107 cm³/mol. The molecular formula is C22H20N2O7. The number of nitrogens with one attached hydrogen (secondary N) is 1. The van der Waals surface area contributed by atoms with Gasteiger partial charge < -0.3 is 14.5 Å². The highest BCUT2D eigenvalue weighted by atomic mass is 16.6. The maximum Gasteiger partial charge on any atom is 0.317 e. The lowest BCUT2D eigenvalue weighted by Gasteiger charge is -2.37. The van der Waals surface area contributed by atoms with Crippen LogP contribution in [0.1, 0.15) is 42.9 Å². The molecule has 2 aromatic rings. The lowest BCUT2D eigenvalue weighted by molar-refractivity contribution is -0.384. The molecule has 1 aromatic heterocycles. The molecule has 2 heterocycles. The van der Waals surface area contributed by atoms with Crippen LogP contribution in [0.15, 0.2) is 58.3 Å². The molecular weight excluding hydrogens is 404 g/mol. The molecule has 31 heavy (non-hydrogen) atoms. The standard InChI is InChI=1S/C22H20N2O7/c1-2-30-22(27)20-15(17-7-4-8-31-17)10-16-19(21(20)26)14(11-18(25)23-16)12-5-3-6-13(9-12)24(28)29/h3-9,14-15,20H,2,10-11H2,1H3,(H,23,25)/t14-,15-,20+/m1/s1. The van der Waals surface area contributed by atoms with Crippen LogP contribution < -0.4 is 5.32 Å². The van der Waals surface area contributed by atoms with E-state index in [9.17, 15) is 24.5 Å². The van der Waals surface area contributed by atoms with Gasteiger partial charge in [0.1, 0.15) is 11.7 Å². The molecule has 1 aliphatic heterocycles. The third-order valence-electron chi connectivity index (χ3n) is 5.66. The van der Waals surface area contributed by atoms with Crippen LogP contribution in [0.5, 0.6) is 0 Å². The third kappa shape index (κ3) is 3.74. The molecule has 9 heteroatoms. The third-order valence-corrected chi connectivity index (χ3v) is 5.66. The van der Waals surface area contributed by atoms with Gasteiger partial charge in [0.05, 0.1) is 17.8 Å². The summed E-state index contributed by atoms with van der Waals surface area (Å²) in [6.07, 6.45) is 1.61. The largest absolute Gasteiger partial charge is 0.469 e. The minimum absolute atomic E-state index is 0.0489. The fraction of sp³-hybridized carbons (Fsp3) is 0.318. The van der Waals surface area contributed by atoms with Gasteiger partial charge in [-0.15, -0.1) is 0 Å². The molecule has 3 atom stereocenters. The number of carbonyl (C=O) groups is 3.